The molecule has 0 radical (unpaired) electrons. The van der Waals surface area contributed by atoms with Crippen molar-refractivity contribution in [2.24, 2.45) is 0 Å². The lowest BCUT2D eigenvalue weighted by Crippen LogP contribution is -2.12. The van der Waals surface area contributed by atoms with Gasteiger partial charge in [0.15, 0.2) is 11.6 Å². The Labute approximate surface area is 156 Å². The third-order valence-electron chi connectivity index (χ3n) is 4.02. The molecule has 0 unspecified atom stereocenters. The Morgan fingerprint density at radius 1 is 0.778 bits per heavy atom. The standard InChI is InChI=1S/C20H21FN4O2/c21-18-13-24-20(23-12-10-15-3-7-17(27)8-4-15)25-19(18)22-11-9-14-1-5-16(26)6-2-14/h1-8,13,26-27H,9-12H2,(H2,22,23,24,25). The van der Waals surface area contributed by atoms with E-state index < -0.39 is 5.82 Å². The van der Waals surface area contributed by atoms with Crippen molar-refractivity contribution in [3.63, 3.8) is 0 Å². The molecule has 1 heterocycles. The first-order chi connectivity index (χ1) is 13.1. The minimum atomic E-state index is -0.509. The van der Waals surface area contributed by atoms with Gasteiger partial charge < -0.3 is 20.8 Å². The number of phenols is 2. The van der Waals surface area contributed by atoms with Gasteiger partial charge in [0.25, 0.3) is 0 Å². The molecule has 2 aromatic carbocycles. The zero-order valence-corrected chi connectivity index (χ0v) is 14.7. The molecule has 3 rings (SSSR count). The average Bonchev–Trinajstić information content (AvgIpc) is 2.67. The number of benzene rings is 2. The summed E-state index contributed by atoms with van der Waals surface area (Å²) < 4.78 is 13.9. The molecule has 0 aliphatic rings. The zero-order valence-electron chi connectivity index (χ0n) is 14.7. The Kier molecular flexibility index (Phi) is 6.04. The lowest BCUT2D eigenvalue weighted by Gasteiger charge is -2.10. The topological polar surface area (TPSA) is 90.3 Å². The number of nitrogens with one attached hydrogen (secondary N) is 2. The highest BCUT2D eigenvalue weighted by molar-refractivity contribution is 5.41. The summed E-state index contributed by atoms with van der Waals surface area (Å²) in [6.07, 6.45) is 2.54. The Bertz CT molecular complexity index is 870. The molecule has 4 N–H and O–H groups in total. The number of phenolic OH excluding ortho intramolecular Hbond substituents is 2. The Hall–Kier alpha value is -3.35. The molecule has 0 aliphatic heterocycles. The monoisotopic (exact) mass is 368 g/mol. The molecule has 0 bridgehead atoms. The number of aromatic nitrogens is 2. The van der Waals surface area contributed by atoms with Crippen LogP contribution >= 0.6 is 0 Å². The Balaban J connectivity index is 1.50. The first-order valence-electron chi connectivity index (χ1n) is 8.66. The van der Waals surface area contributed by atoms with E-state index in [1.807, 2.05) is 24.3 Å². The van der Waals surface area contributed by atoms with Crippen LogP contribution in [0.15, 0.2) is 54.7 Å². The summed E-state index contributed by atoms with van der Waals surface area (Å²) in [5.41, 5.74) is 2.09. The zero-order chi connectivity index (χ0) is 19.1. The summed E-state index contributed by atoms with van der Waals surface area (Å²) >= 11 is 0. The van der Waals surface area contributed by atoms with Gasteiger partial charge in [-0.1, -0.05) is 24.3 Å². The maximum absolute atomic E-state index is 13.9. The maximum atomic E-state index is 13.9. The van der Waals surface area contributed by atoms with Gasteiger partial charge in [-0.2, -0.15) is 4.98 Å². The van der Waals surface area contributed by atoms with Crippen LogP contribution in [0.5, 0.6) is 11.5 Å². The lowest BCUT2D eigenvalue weighted by atomic mass is 10.1. The highest BCUT2D eigenvalue weighted by atomic mass is 19.1. The van der Waals surface area contributed by atoms with Crippen LogP contribution in [0.4, 0.5) is 16.2 Å². The van der Waals surface area contributed by atoms with Crippen molar-refractivity contribution in [2.75, 3.05) is 23.7 Å². The summed E-state index contributed by atoms with van der Waals surface area (Å²) in [6.45, 7) is 1.09. The molecule has 0 atom stereocenters. The van der Waals surface area contributed by atoms with Crippen LogP contribution in [0.25, 0.3) is 0 Å². The van der Waals surface area contributed by atoms with Crippen molar-refractivity contribution in [1.82, 2.24) is 9.97 Å². The molecule has 6 nitrogen and oxygen atoms in total. The van der Waals surface area contributed by atoms with Crippen molar-refractivity contribution in [3.05, 3.63) is 71.7 Å². The van der Waals surface area contributed by atoms with Crippen LogP contribution in [0, 0.1) is 5.82 Å². The van der Waals surface area contributed by atoms with Gasteiger partial charge in [0.1, 0.15) is 11.5 Å². The van der Waals surface area contributed by atoms with Crippen molar-refractivity contribution in [3.8, 4) is 11.5 Å². The number of anilines is 2. The highest BCUT2D eigenvalue weighted by Gasteiger charge is 2.06. The van der Waals surface area contributed by atoms with Crippen molar-refractivity contribution in [1.29, 1.82) is 0 Å². The molecule has 0 amide bonds. The number of nitrogens with zero attached hydrogens (tertiary/aromatic N) is 2. The van der Waals surface area contributed by atoms with E-state index in [9.17, 15) is 14.6 Å². The Morgan fingerprint density at radius 3 is 1.85 bits per heavy atom. The lowest BCUT2D eigenvalue weighted by molar-refractivity contribution is 0.474. The number of halogens is 1. The maximum Gasteiger partial charge on any atom is 0.224 e. The van der Waals surface area contributed by atoms with Gasteiger partial charge >= 0.3 is 0 Å². The van der Waals surface area contributed by atoms with Gasteiger partial charge in [0, 0.05) is 13.1 Å². The summed E-state index contributed by atoms with van der Waals surface area (Å²) in [5, 5.41) is 24.6. The van der Waals surface area contributed by atoms with Crippen molar-refractivity contribution in [2.45, 2.75) is 12.8 Å². The van der Waals surface area contributed by atoms with Gasteiger partial charge in [0.2, 0.25) is 5.95 Å². The fraction of sp³-hybridized carbons (Fsp3) is 0.200. The molecule has 7 heteroatoms. The first-order valence-corrected chi connectivity index (χ1v) is 8.66. The van der Waals surface area contributed by atoms with E-state index in [-0.39, 0.29) is 17.3 Å². The molecule has 0 spiro atoms. The van der Waals surface area contributed by atoms with Gasteiger partial charge in [-0.15, -0.1) is 0 Å². The summed E-state index contributed by atoms with van der Waals surface area (Å²) in [4.78, 5) is 8.13. The minimum absolute atomic E-state index is 0.149. The van der Waals surface area contributed by atoms with Gasteiger partial charge in [-0.3, -0.25) is 0 Å². The largest absolute Gasteiger partial charge is 0.508 e. The van der Waals surface area contributed by atoms with E-state index in [0.29, 0.717) is 25.5 Å². The van der Waals surface area contributed by atoms with Crippen LogP contribution in [0.2, 0.25) is 0 Å². The normalized spacial score (nSPS) is 10.6. The molecule has 27 heavy (non-hydrogen) atoms. The quantitative estimate of drug-likeness (QED) is 0.488. The second kappa shape index (κ2) is 8.84. The molecule has 3 aromatic rings. The summed E-state index contributed by atoms with van der Waals surface area (Å²) in [6, 6.07) is 13.9. The Morgan fingerprint density at radius 2 is 1.30 bits per heavy atom. The van der Waals surface area contributed by atoms with Crippen molar-refractivity contribution < 1.29 is 14.6 Å². The van der Waals surface area contributed by atoms with Gasteiger partial charge in [0.05, 0.1) is 6.20 Å². The summed E-state index contributed by atoms with van der Waals surface area (Å²) in [5.74, 6) is 0.441. The van der Waals surface area contributed by atoms with Crippen LogP contribution in [0.1, 0.15) is 11.1 Å². The van der Waals surface area contributed by atoms with Crippen LogP contribution in [-0.2, 0) is 12.8 Å². The number of rotatable bonds is 8. The minimum Gasteiger partial charge on any atom is -0.508 e. The fourth-order valence-electron chi connectivity index (χ4n) is 2.55. The molecular weight excluding hydrogens is 347 g/mol. The molecule has 0 saturated heterocycles. The van der Waals surface area contributed by atoms with Crippen LogP contribution in [-0.4, -0.2) is 33.3 Å². The van der Waals surface area contributed by atoms with E-state index in [1.54, 1.807) is 24.3 Å². The van der Waals surface area contributed by atoms with E-state index in [4.69, 9.17) is 0 Å². The molecule has 0 aliphatic carbocycles. The second-order valence-corrected chi connectivity index (χ2v) is 6.08. The summed E-state index contributed by atoms with van der Waals surface area (Å²) in [7, 11) is 0. The molecule has 140 valence electrons. The van der Waals surface area contributed by atoms with Crippen LogP contribution < -0.4 is 10.6 Å². The van der Waals surface area contributed by atoms with Gasteiger partial charge in [-0.25, -0.2) is 9.37 Å². The molecule has 0 saturated carbocycles. The smallest absolute Gasteiger partial charge is 0.224 e. The highest BCUT2D eigenvalue weighted by Crippen LogP contribution is 2.14. The number of hydrogen-bond acceptors (Lipinski definition) is 6. The van der Waals surface area contributed by atoms with E-state index in [2.05, 4.69) is 20.6 Å². The SMILES string of the molecule is Oc1ccc(CCNc2ncc(F)c(NCCc3ccc(O)cc3)n2)cc1. The van der Waals surface area contributed by atoms with Gasteiger partial charge in [-0.05, 0) is 48.2 Å². The van der Waals surface area contributed by atoms with Crippen LogP contribution in [0.3, 0.4) is 0 Å². The number of hydrogen-bond donors (Lipinski definition) is 4. The average molecular weight is 368 g/mol. The fourth-order valence-corrected chi connectivity index (χ4v) is 2.55. The van der Waals surface area contributed by atoms with Crippen molar-refractivity contribution >= 4 is 11.8 Å². The molecule has 0 fully saturated rings. The third kappa shape index (κ3) is 5.57. The van der Waals surface area contributed by atoms with E-state index in [0.717, 1.165) is 23.7 Å². The third-order valence-corrected chi connectivity index (χ3v) is 4.02. The molecular formula is C20H21FN4O2. The van der Waals surface area contributed by atoms with E-state index in [1.165, 1.54) is 0 Å². The predicted octanol–water partition coefficient (Wildman–Crippen LogP) is 3.34. The predicted molar refractivity (Wildman–Crippen MR) is 103 cm³/mol. The second-order valence-electron chi connectivity index (χ2n) is 6.08. The number of aromatic hydroxyl groups is 2. The first kappa shape index (κ1) is 18.4. The van der Waals surface area contributed by atoms with E-state index >= 15 is 0 Å². The molecule has 1 aromatic heterocycles.